The second kappa shape index (κ2) is 21.1. The Morgan fingerprint density at radius 2 is 1.28 bits per heavy atom. The largest absolute Gasteiger partial charge is 0.462 e. The lowest BCUT2D eigenvalue weighted by Crippen LogP contribution is -2.32. The van der Waals surface area contributed by atoms with Crippen LogP contribution in [0.5, 0.6) is 0 Å². The molecule has 4 aliphatic heterocycles. The molecule has 4 saturated heterocycles. The maximum atomic E-state index is 11.9. The quantitative estimate of drug-likeness (QED) is 0.0926. The van der Waals surface area contributed by atoms with Crippen molar-refractivity contribution in [2.24, 2.45) is 5.92 Å². The number of aliphatic hydroxyl groups excluding tert-OH is 1. The summed E-state index contributed by atoms with van der Waals surface area (Å²) in [6.45, 7) is 4.09. The van der Waals surface area contributed by atoms with Crippen molar-refractivity contribution >= 4 is 11.8 Å². The van der Waals surface area contributed by atoms with Gasteiger partial charge in [0.15, 0.2) is 0 Å². The first-order valence-corrected chi connectivity index (χ1v) is 19.3. The monoisotopic (exact) mass is 650 g/mol. The zero-order valence-electron chi connectivity index (χ0n) is 29.2. The Morgan fingerprint density at radius 3 is 1.96 bits per heavy atom. The smallest absolute Gasteiger partial charge is 0.309 e. The van der Waals surface area contributed by atoms with E-state index in [9.17, 15) is 14.7 Å². The highest BCUT2D eigenvalue weighted by atomic mass is 16.7. The molecule has 0 bridgehead atoms. The lowest BCUT2D eigenvalue weighted by atomic mass is 9.96. The molecule has 4 fully saturated rings. The Labute approximate surface area is 279 Å². The molecule has 0 unspecified atom stereocenters. The molecule has 8 nitrogen and oxygen atoms in total. The van der Waals surface area contributed by atoms with Crippen molar-refractivity contribution in [3.8, 4) is 0 Å². The van der Waals surface area contributed by atoms with Gasteiger partial charge in [-0.05, 0) is 77.6 Å². The fourth-order valence-electron chi connectivity index (χ4n) is 8.12. The molecule has 4 aliphatic rings. The molecule has 0 spiro atoms. The van der Waals surface area contributed by atoms with Gasteiger partial charge in [0.25, 0.3) is 0 Å². The van der Waals surface area contributed by atoms with Gasteiger partial charge in [-0.25, -0.2) is 0 Å². The topological polar surface area (TPSA) is 101 Å². The first kappa shape index (κ1) is 37.8. The van der Waals surface area contributed by atoms with Crippen LogP contribution in [0.15, 0.2) is 0 Å². The van der Waals surface area contributed by atoms with Crippen LogP contribution in [0.2, 0.25) is 0 Å². The van der Waals surface area contributed by atoms with Crippen LogP contribution in [-0.4, -0.2) is 72.5 Å². The number of ketones is 1. The number of ether oxygens (including phenoxy) is 5. The fraction of sp³-hybridized carbons (Fsp3) is 0.947. The summed E-state index contributed by atoms with van der Waals surface area (Å²) in [6, 6.07) is 0. The first-order valence-electron chi connectivity index (χ1n) is 19.3. The van der Waals surface area contributed by atoms with Crippen molar-refractivity contribution in [2.75, 3.05) is 6.79 Å². The second-order valence-corrected chi connectivity index (χ2v) is 14.8. The Morgan fingerprint density at radius 1 is 0.717 bits per heavy atom. The zero-order valence-corrected chi connectivity index (χ0v) is 29.2. The summed E-state index contributed by atoms with van der Waals surface area (Å²) in [7, 11) is 0. The van der Waals surface area contributed by atoms with Gasteiger partial charge in [0, 0.05) is 6.42 Å². The molecule has 266 valence electrons. The van der Waals surface area contributed by atoms with Crippen LogP contribution in [0.3, 0.4) is 0 Å². The molecule has 0 saturated carbocycles. The van der Waals surface area contributed by atoms with Crippen molar-refractivity contribution in [3.05, 3.63) is 0 Å². The summed E-state index contributed by atoms with van der Waals surface area (Å²) in [5, 5.41) is 10.8. The van der Waals surface area contributed by atoms with Crippen LogP contribution in [0, 0.1) is 5.92 Å². The van der Waals surface area contributed by atoms with E-state index in [1.54, 1.807) is 6.92 Å². The molecule has 0 radical (unpaired) electrons. The fourth-order valence-corrected chi connectivity index (χ4v) is 8.12. The number of carbonyl (C=O) groups excluding carboxylic acids is 2. The molecular formula is C38H66O8. The van der Waals surface area contributed by atoms with Crippen LogP contribution in [-0.2, 0) is 33.3 Å². The molecule has 4 heterocycles. The molecule has 0 aromatic rings. The highest BCUT2D eigenvalue weighted by Crippen LogP contribution is 2.34. The van der Waals surface area contributed by atoms with Crippen LogP contribution < -0.4 is 0 Å². The van der Waals surface area contributed by atoms with Gasteiger partial charge in [-0.15, -0.1) is 0 Å². The Bertz CT molecular complexity index is 866. The zero-order chi connectivity index (χ0) is 32.6. The predicted octanol–water partition coefficient (Wildman–Crippen LogP) is 8.14. The molecule has 0 aromatic heterocycles. The van der Waals surface area contributed by atoms with E-state index in [0.717, 1.165) is 77.0 Å². The van der Waals surface area contributed by atoms with Crippen molar-refractivity contribution < 1.29 is 38.4 Å². The maximum absolute atomic E-state index is 11.9. The van der Waals surface area contributed by atoms with E-state index in [1.807, 2.05) is 0 Å². The molecule has 0 amide bonds. The standard InChI is InChI=1S/C38H66O8/c1-3-4-5-6-7-8-12-15-18-32(40)33-21-24-37(46-33)35-23-22-34(42-27-43-35)36-20-19-30(44-36)16-13-10-9-11-14-17-31-26-29(25-28(2)39)38(41)45-31/h29-37,40H,3-27H2,1-2H3/t29-,30+,31+,32+,33+,34-,35+,36-,37+/m0/s1. The maximum Gasteiger partial charge on any atom is 0.309 e. The summed E-state index contributed by atoms with van der Waals surface area (Å²) in [6.07, 6.45) is 26.0. The Hall–Kier alpha value is -1.06. The highest BCUT2D eigenvalue weighted by molar-refractivity contribution is 5.83. The predicted molar refractivity (Wildman–Crippen MR) is 178 cm³/mol. The number of rotatable bonds is 22. The van der Waals surface area contributed by atoms with Gasteiger partial charge < -0.3 is 33.6 Å². The number of unbranched alkanes of at least 4 members (excludes halogenated alkanes) is 11. The lowest BCUT2D eigenvalue weighted by molar-refractivity contribution is -0.154. The van der Waals surface area contributed by atoms with Gasteiger partial charge in [-0.2, -0.15) is 0 Å². The van der Waals surface area contributed by atoms with E-state index in [2.05, 4.69) is 6.92 Å². The van der Waals surface area contributed by atoms with Crippen molar-refractivity contribution in [1.29, 1.82) is 0 Å². The Balaban J connectivity index is 1.01. The number of Topliss-reactive ketones (excluding diaryl/α,β-unsaturated/α-hetero) is 1. The SMILES string of the molecule is CCCCCCCCCC[C@@H](O)[C@H]1CC[C@H]([C@H]2CC[C@@H]([C@@H]3CC[C@@H](CCCCCCC[C@@H]4C[C@H](CC(C)=O)C(=O)O4)O3)OCO2)O1. The average molecular weight is 651 g/mol. The van der Waals surface area contributed by atoms with Crippen LogP contribution in [0.1, 0.15) is 168 Å². The van der Waals surface area contributed by atoms with Gasteiger partial charge in [-0.3, -0.25) is 4.79 Å². The minimum Gasteiger partial charge on any atom is -0.462 e. The minimum absolute atomic E-state index is 0.00238. The minimum atomic E-state index is -0.366. The third-order valence-electron chi connectivity index (χ3n) is 10.9. The summed E-state index contributed by atoms with van der Waals surface area (Å²) in [5.74, 6) is -0.347. The van der Waals surface area contributed by atoms with Gasteiger partial charge in [-0.1, -0.05) is 84.0 Å². The second-order valence-electron chi connectivity index (χ2n) is 14.8. The van der Waals surface area contributed by atoms with E-state index >= 15 is 0 Å². The third kappa shape index (κ3) is 13.1. The summed E-state index contributed by atoms with van der Waals surface area (Å²) >= 11 is 0. The number of esters is 1. The van der Waals surface area contributed by atoms with Crippen LogP contribution in [0.4, 0.5) is 0 Å². The van der Waals surface area contributed by atoms with Crippen molar-refractivity contribution in [3.63, 3.8) is 0 Å². The van der Waals surface area contributed by atoms with Gasteiger partial charge in [0.1, 0.15) is 18.7 Å². The van der Waals surface area contributed by atoms with Crippen LogP contribution >= 0.6 is 0 Å². The van der Waals surface area contributed by atoms with E-state index in [4.69, 9.17) is 23.7 Å². The highest BCUT2D eigenvalue weighted by Gasteiger charge is 2.39. The van der Waals surface area contributed by atoms with Crippen molar-refractivity contribution in [2.45, 2.75) is 217 Å². The van der Waals surface area contributed by atoms with Gasteiger partial charge in [0.2, 0.25) is 0 Å². The van der Waals surface area contributed by atoms with Gasteiger partial charge in [0.05, 0.1) is 48.6 Å². The molecule has 46 heavy (non-hydrogen) atoms. The number of hydrogen-bond acceptors (Lipinski definition) is 8. The first-order chi connectivity index (χ1) is 22.4. The van der Waals surface area contributed by atoms with E-state index in [-0.39, 0.29) is 60.4 Å². The normalized spacial score (nSPS) is 32.5. The third-order valence-corrected chi connectivity index (χ3v) is 10.9. The van der Waals surface area contributed by atoms with E-state index in [0.29, 0.717) is 25.7 Å². The Kier molecular flexibility index (Phi) is 17.3. The number of hydrogen-bond donors (Lipinski definition) is 1. The molecule has 1 N–H and O–H groups in total. The molecular weight excluding hydrogens is 584 g/mol. The lowest BCUT2D eigenvalue weighted by Gasteiger charge is -2.24. The molecule has 4 rings (SSSR count). The summed E-state index contributed by atoms with van der Waals surface area (Å²) < 4.78 is 30.6. The van der Waals surface area contributed by atoms with Crippen molar-refractivity contribution in [1.82, 2.24) is 0 Å². The van der Waals surface area contributed by atoms with Gasteiger partial charge >= 0.3 is 5.97 Å². The summed E-state index contributed by atoms with van der Waals surface area (Å²) in [4.78, 5) is 23.2. The molecule has 0 aliphatic carbocycles. The number of carbonyl (C=O) groups is 2. The van der Waals surface area contributed by atoms with Crippen LogP contribution in [0.25, 0.3) is 0 Å². The number of aliphatic hydroxyl groups is 1. The van der Waals surface area contributed by atoms with E-state index < -0.39 is 0 Å². The summed E-state index contributed by atoms with van der Waals surface area (Å²) in [5.41, 5.74) is 0. The molecule has 0 aromatic carbocycles. The molecule has 9 atom stereocenters. The van der Waals surface area contributed by atoms with E-state index in [1.165, 1.54) is 64.2 Å². The average Bonchev–Trinajstić information content (AvgIpc) is 3.75. The number of cyclic esters (lactones) is 1. The molecule has 8 heteroatoms.